The molecule has 4 aliphatic rings. The summed E-state index contributed by atoms with van der Waals surface area (Å²) in [6, 6.07) is 6.39. The Morgan fingerprint density at radius 2 is 2.00 bits per heavy atom. The van der Waals surface area contributed by atoms with E-state index in [4.69, 9.17) is 0 Å². The van der Waals surface area contributed by atoms with Gasteiger partial charge >= 0.3 is 0 Å². The molecule has 1 N–H and O–H groups in total. The summed E-state index contributed by atoms with van der Waals surface area (Å²) in [5, 5.41) is 3.86. The van der Waals surface area contributed by atoms with Gasteiger partial charge in [0.05, 0.1) is 0 Å². The van der Waals surface area contributed by atoms with Crippen molar-refractivity contribution in [3.05, 3.63) is 35.1 Å². The molecule has 3 saturated heterocycles. The second-order valence-corrected chi connectivity index (χ2v) is 6.35. The highest BCUT2D eigenvalue weighted by Crippen LogP contribution is 2.35. The maximum absolute atomic E-state index is 13.2. The smallest absolute Gasteiger partial charge is 0.123 e. The molecule has 1 aromatic rings. The minimum atomic E-state index is -0.0952. The quantitative estimate of drug-likeness (QED) is 0.879. The average molecular weight is 260 g/mol. The van der Waals surface area contributed by atoms with E-state index in [-0.39, 0.29) is 5.82 Å². The van der Waals surface area contributed by atoms with Crippen LogP contribution in [0.2, 0.25) is 0 Å². The molecule has 3 heteroatoms. The summed E-state index contributed by atoms with van der Waals surface area (Å²) in [5.74, 6) is 0.761. The first-order chi connectivity index (χ1) is 9.29. The first kappa shape index (κ1) is 11.9. The summed E-state index contributed by atoms with van der Waals surface area (Å²) in [6.07, 6.45) is 4.84. The first-order valence-electron chi connectivity index (χ1n) is 7.56. The number of nitrogens with one attached hydrogen (secondary N) is 1. The van der Waals surface area contributed by atoms with Crippen molar-refractivity contribution < 1.29 is 4.39 Å². The maximum atomic E-state index is 13.2. The van der Waals surface area contributed by atoms with Gasteiger partial charge in [0.1, 0.15) is 5.82 Å². The summed E-state index contributed by atoms with van der Waals surface area (Å²) in [5.41, 5.74) is 2.54. The van der Waals surface area contributed by atoms with Crippen LogP contribution in [0.15, 0.2) is 18.2 Å². The van der Waals surface area contributed by atoms with E-state index < -0.39 is 0 Å². The van der Waals surface area contributed by atoms with Gasteiger partial charge in [0, 0.05) is 18.6 Å². The Kier molecular flexibility index (Phi) is 2.85. The van der Waals surface area contributed by atoms with Crippen LogP contribution in [0, 0.1) is 11.7 Å². The summed E-state index contributed by atoms with van der Waals surface area (Å²) in [6.45, 7) is 3.78. The molecule has 0 amide bonds. The molecule has 1 aliphatic carbocycles. The molecule has 2 atom stereocenters. The van der Waals surface area contributed by atoms with Gasteiger partial charge in [-0.15, -0.1) is 0 Å². The molecule has 0 aromatic heterocycles. The van der Waals surface area contributed by atoms with Gasteiger partial charge < -0.3 is 10.2 Å². The molecule has 0 saturated carbocycles. The van der Waals surface area contributed by atoms with E-state index in [9.17, 15) is 4.39 Å². The minimum absolute atomic E-state index is 0.0952. The van der Waals surface area contributed by atoms with E-state index in [2.05, 4.69) is 10.2 Å². The molecule has 0 radical (unpaired) electrons. The van der Waals surface area contributed by atoms with E-state index in [1.165, 1.54) is 43.6 Å². The first-order valence-corrected chi connectivity index (χ1v) is 7.56. The Morgan fingerprint density at radius 1 is 1.16 bits per heavy atom. The van der Waals surface area contributed by atoms with Crippen molar-refractivity contribution in [3.63, 3.8) is 0 Å². The molecule has 3 aliphatic heterocycles. The van der Waals surface area contributed by atoms with Gasteiger partial charge in [-0.2, -0.15) is 0 Å². The zero-order valence-electron chi connectivity index (χ0n) is 11.2. The molecule has 0 spiro atoms. The lowest BCUT2D eigenvalue weighted by atomic mass is 9.83. The van der Waals surface area contributed by atoms with Crippen LogP contribution in [0.5, 0.6) is 0 Å². The maximum Gasteiger partial charge on any atom is 0.123 e. The second-order valence-electron chi connectivity index (χ2n) is 6.35. The molecule has 1 aromatic carbocycles. The number of fused-ring (bicyclic) bond motifs is 4. The zero-order valence-corrected chi connectivity index (χ0v) is 11.2. The Morgan fingerprint density at radius 3 is 2.74 bits per heavy atom. The zero-order chi connectivity index (χ0) is 12.8. The number of piperidine rings is 3. The lowest BCUT2D eigenvalue weighted by Crippen LogP contribution is -2.56. The van der Waals surface area contributed by atoms with Gasteiger partial charge in [-0.05, 0) is 68.0 Å². The fourth-order valence-corrected chi connectivity index (χ4v) is 4.17. The van der Waals surface area contributed by atoms with Crippen molar-refractivity contribution in [2.45, 2.75) is 37.8 Å². The largest absolute Gasteiger partial charge is 0.306 e. The van der Waals surface area contributed by atoms with Crippen LogP contribution < -0.4 is 5.32 Å². The van der Waals surface area contributed by atoms with Crippen LogP contribution in [0.3, 0.4) is 0 Å². The van der Waals surface area contributed by atoms with Gasteiger partial charge in [-0.3, -0.25) is 0 Å². The Labute approximate surface area is 114 Å². The third kappa shape index (κ3) is 2.09. The predicted octanol–water partition coefficient (Wildman–Crippen LogP) is 2.50. The summed E-state index contributed by atoms with van der Waals surface area (Å²) >= 11 is 0. The van der Waals surface area contributed by atoms with E-state index in [0.717, 1.165) is 18.8 Å². The summed E-state index contributed by atoms with van der Waals surface area (Å²) in [7, 11) is 0. The van der Waals surface area contributed by atoms with Crippen molar-refractivity contribution in [2.24, 2.45) is 5.92 Å². The molecule has 5 rings (SSSR count). The van der Waals surface area contributed by atoms with Crippen LogP contribution in [0.25, 0.3) is 0 Å². The molecule has 2 nitrogen and oxygen atoms in total. The Balaban J connectivity index is 1.50. The van der Waals surface area contributed by atoms with E-state index >= 15 is 0 Å². The number of benzene rings is 1. The lowest BCUT2D eigenvalue weighted by Gasteiger charge is -2.46. The molecule has 3 heterocycles. The van der Waals surface area contributed by atoms with Gasteiger partial charge in [0.15, 0.2) is 0 Å². The number of halogens is 1. The predicted molar refractivity (Wildman–Crippen MR) is 73.5 cm³/mol. The van der Waals surface area contributed by atoms with Gasteiger partial charge in [0.25, 0.3) is 0 Å². The van der Waals surface area contributed by atoms with Crippen molar-refractivity contribution >= 4 is 0 Å². The monoisotopic (exact) mass is 260 g/mol. The summed E-state index contributed by atoms with van der Waals surface area (Å²) < 4.78 is 13.2. The van der Waals surface area contributed by atoms with Crippen LogP contribution in [-0.2, 0) is 6.42 Å². The fraction of sp³-hybridized carbons (Fsp3) is 0.625. The van der Waals surface area contributed by atoms with Gasteiger partial charge in [-0.25, -0.2) is 4.39 Å². The van der Waals surface area contributed by atoms with Crippen molar-refractivity contribution in [2.75, 3.05) is 19.6 Å². The molecule has 102 valence electrons. The van der Waals surface area contributed by atoms with E-state index in [1.54, 1.807) is 12.1 Å². The Hall–Kier alpha value is -0.930. The highest BCUT2D eigenvalue weighted by Gasteiger charge is 2.36. The molecule has 2 bridgehead atoms. The molecule has 19 heavy (non-hydrogen) atoms. The highest BCUT2D eigenvalue weighted by atomic mass is 19.1. The SMILES string of the molecule is Fc1ccc2c(c1)CCC2NC1CN2CCC1CC2. The van der Waals surface area contributed by atoms with Gasteiger partial charge in [0.2, 0.25) is 0 Å². The van der Waals surface area contributed by atoms with Crippen molar-refractivity contribution in [3.8, 4) is 0 Å². The van der Waals surface area contributed by atoms with Crippen LogP contribution in [0.4, 0.5) is 4.39 Å². The Bertz CT molecular complexity index is 480. The van der Waals surface area contributed by atoms with Gasteiger partial charge in [-0.1, -0.05) is 6.07 Å². The second kappa shape index (κ2) is 4.57. The van der Waals surface area contributed by atoms with E-state index in [0.29, 0.717) is 12.1 Å². The number of hydrogen-bond acceptors (Lipinski definition) is 2. The molecular formula is C16H21FN2. The molecule has 3 fully saturated rings. The fourth-order valence-electron chi connectivity index (χ4n) is 4.17. The van der Waals surface area contributed by atoms with Crippen molar-refractivity contribution in [1.82, 2.24) is 10.2 Å². The average Bonchev–Trinajstić information content (AvgIpc) is 2.82. The highest BCUT2D eigenvalue weighted by molar-refractivity contribution is 5.35. The van der Waals surface area contributed by atoms with E-state index in [1.807, 2.05) is 6.07 Å². The normalized spacial score (nSPS) is 36.5. The molecule has 2 unspecified atom stereocenters. The number of nitrogens with zero attached hydrogens (tertiary/aromatic N) is 1. The third-order valence-electron chi connectivity index (χ3n) is 5.25. The van der Waals surface area contributed by atoms with Crippen LogP contribution >= 0.6 is 0 Å². The lowest BCUT2D eigenvalue weighted by molar-refractivity contribution is 0.0670. The van der Waals surface area contributed by atoms with Crippen molar-refractivity contribution in [1.29, 1.82) is 0 Å². The minimum Gasteiger partial charge on any atom is -0.306 e. The number of aryl methyl sites for hydroxylation is 1. The topological polar surface area (TPSA) is 15.3 Å². The van der Waals surface area contributed by atoms with Crippen LogP contribution in [0.1, 0.15) is 36.4 Å². The molecular weight excluding hydrogens is 239 g/mol. The standard InChI is InChI=1S/C16H21FN2/c17-13-2-3-14-12(9-13)1-4-15(14)18-16-10-19-7-5-11(16)6-8-19/h2-3,9,11,15-16,18H,1,4-8,10H2. The number of rotatable bonds is 2. The van der Waals surface area contributed by atoms with Crippen LogP contribution in [-0.4, -0.2) is 30.6 Å². The third-order valence-corrected chi connectivity index (χ3v) is 5.25. The summed E-state index contributed by atoms with van der Waals surface area (Å²) in [4.78, 5) is 2.58. The number of hydrogen-bond donors (Lipinski definition) is 1.